The van der Waals surface area contributed by atoms with Crippen LogP contribution >= 0.6 is 0 Å². The van der Waals surface area contributed by atoms with Crippen molar-refractivity contribution in [1.29, 1.82) is 0 Å². The molecule has 3 nitrogen and oxygen atoms in total. The molecule has 0 spiro atoms. The monoisotopic (exact) mass is 269 g/mol. The van der Waals surface area contributed by atoms with Crippen molar-refractivity contribution in [2.24, 2.45) is 5.92 Å². The van der Waals surface area contributed by atoms with Crippen LogP contribution in [-0.4, -0.2) is 29.6 Å². The zero-order valence-electron chi connectivity index (χ0n) is 11.5. The Hall–Kier alpha value is -1.58. The lowest BCUT2D eigenvalue weighted by molar-refractivity contribution is -0.129. The number of hydrogen-bond acceptors (Lipinski definition) is 3. The van der Waals surface area contributed by atoms with Crippen LogP contribution < -0.4 is 0 Å². The highest BCUT2D eigenvalue weighted by Gasteiger charge is 2.48. The average Bonchev–Trinajstić information content (AvgIpc) is 3.00. The SMILES string of the molecule is OC1(c2ccc(-c3ccccc3)o2)CN2CCC1CC2. The molecule has 0 radical (unpaired) electrons. The summed E-state index contributed by atoms with van der Waals surface area (Å²) in [5, 5.41) is 11.1. The quantitative estimate of drug-likeness (QED) is 0.910. The van der Waals surface area contributed by atoms with Crippen LogP contribution in [0.15, 0.2) is 46.9 Å². The predicted octanol–water partition coefficient (Wildman–Crippen LogP) is 2.86. The van der Waals surface area contributed by atoms with Crippen molar-refractivity contribution in [1.82, 2.24) is 4.90 Å². The second-order valence-electron chi connectivity index (χ2n) is 6.00. The Kier molecular flexibility index (Phi) is 2.72. The van der Waals surface area contributed by atoms with Gasteiger partial charge >= 0.3 is 0 Å². The van der Waals surface area contributed by atoms with Gasteiger partial charge in [-0.1, -0.05) is 30.3 Å². The van der Waals surface area contributed by atoms with Crippen LogP contribution in [0.4, 0.5) is 0 Å². The fraction of sp³-hybridized carbons (Fsp3) is 0.412. The standard InChI is InChI=1S/C17H19NO2/c19-17(12-18-10-8-14(17)9-11-18)16-7-6-15(20-16)13-4-2-1-3-5-13/h1-7,14,19H,8-12H2. The van der Waals surface area contributed by atoms with Gasteiger partial charge in [0.1, 0.15) is 17.1 Å². The molecule has 0 saturated carbocycles. The number of fused-ring (bicyclic) bond motifs is 3. The van der Waals surface area contributed by atoms with E-state index in [1.165, 1.54) is 0 Å². The summed E-state index contributed by atoms with van der Waals surface area (Å²) in [6, 6.07) is 14.0. The van der Waals surface area contributed by atoms with E-state index in [0.29, 0.717) is 12.5 Å². The first kappa shape index (κ1) is 12.2. The Bertz CT molecular complexity index is 598. The molecule has 0 aliphatic carbocycles. The fourth-order valence-electron chi connectivity index (χ4n) is 3.65. The minimum Gasteiger partial charge on any atom is -0.458 e. The van der Waals surface area contributed by atoms with E-state index in [1.807, 2.05) is 42.5 Å². The predicted molar refractivity (Wildman–Crippen MR) is 77.2 cm³/mol. The highest BCUT2D eigenvalue weighted by Crippen LogP contribution is 2.43. The van der Waals surface area contributed by atoms with E-state index in [1.54, 1.807) is 0 Å². The van der Waals surface area contributed by atoms with Gasteiger partial charge in [0.25, 0.3) is 0 Å². The lowest BCUT2D eigenvalue weighted by Crippen LogP contribution is -2.56. The first-order valence-electron chi connectivity index (χ1n) is 7.36. The van der Waals surface area contributed by atoms with Crippen molar-refractivity contribution in [2.75, 3.05) is 19.6 Å². The smallest absolute Gasteiger partial charge is 0.138 e. The topological polar surface area (TPSA) is 36.6 Å². The summed E-state index contributed by atoms with van der Waals surface area (Å²) in [7, 11) is 0. The molecule has 3 aliphatic heterocycles. The largest absolute Gasteiger partial charge is 0.458 e. The Balaban J connectivity index is 1.68. The number of rotatable bonds is 2. The van der Waals surface area contributed by atoms with Gasteiger partial charge in [-0.15, -0.1) is 0 Å². The van der Waals surface area contributed by atoms with Crippen molar-refractivity contribution < 1.29 is 9.52 Å². The van der Waals surface area contributed by atoms with Gasteiger partial charge in [-0.05, 0) is 44.0 Å². The molecule has 3 fully saturated rings. The zero-order valence-corrected chi connectivity index (χ0v) is 11.5. The van der Waals surface area contributed by atoms with E-state index >= 15 is 0 Å². The summed E-state index contributed by atoms with van der Waals surface area (Å²) in [5.74, 6) is 1.90. The average molecular weight is 269 g/mol. The lowest BCUT2D eigenvalue weighted by Gasteiger charge is -2.49. The van der Waals surface area contributed by atoms with Gasteiger partial charge < -0.3 is 9.52 Å². The van der Waals surface area contributed by atoms with Crippen LogP contribution in [0, 0.1) is 5.92 Å². The maximum Gasteiger partial charge on any atom is 0.138 e. The van der Waals surface area contributed by atoms with Crippen LogP contribution in [0.5, 0.6) is 0 Å². The van der Waals surface area contributed by atoms with E-state index < -0.39 is 5.60 Å². The van der Waals surface area contributed by atoms with Gasteiger partial charge in [-0.3, -0.25) is 4.90 Å². The van der Waals surface area contributed by atoms with Crippen molar-refractivity contribution in [2.45, 2.75) is 18.4 Å². The Morgan fingerprint density at radius 2 is 1.80 bits per heavy atom. The Morgan fingerprint density at radius 1 is 1.05 bits per heavy atom. The molecular formula is C17H19NO2. The van der Waals surface area contributed by atoms with Gasteiger partial charge in [0.15, 0.2) is 0 Å². The minimum absolute atomic E-state index is 0.335. The zero-order chi connectivity index (χ0) is 13.6. The van der Waals surface area contributed by atoms with Crippen LogP contribution in [0.2, 0.25) is 0 Å². The molecule has 1 atom stereocenters. The first-order valence-corrected chi connectivity index (χ1v) is 7.36. The minimum atomic E-state index is -0.802. The number of hydrogen-bond donors (Lipinski definition) is 1. The van der Waals surface area contributed by atoms with Gasteiger partial charge in [-0.2, -0.15) is 0 Å². The molecule has 104 valence electrons. The third-order valence-corrected chi connectivity index (χ3v) is 4.82. The summed E-state index contributed by atoms with van der Waals surface area (Å²) < 4.78 is 5.99. The fourth-order valence-corrected chi connectivity index (χ4v) is 3.65. The van der Waals surface area contributed by atoms with Crippen molar-refractivity contribution in [3.05, 3.63) is 48.2 Å². The molecule has 1 unspecified atom stereocenters. The molecule has 3 saturated heterocycles. The molecule has 1 aromatic carbocycles. The molecule has 2 bridgehead atoms. The van der Waals surface area contributed by atoms with Gasteiger partial charge in [0, 0.05) is 12.1 Å². The summed E-state index contributed by atoms with van der Waals surface area (Å²) in [5.41, 5.74) is 0.257. The summed E-state index contributed by atoms with van der Waals surface area (Å²) in [6.07, 6.45) is 2.13. The second kappa shape index (κ2) is 4.47. The van der Waals surface area contributed by atoms with E-state index in [2.05, 4.69) is 4.90 Å². The lowest BCUT2D eigenvalue weighted by atomic mass is 9.74. The van der Waals surface area contributed by atoms with Crippen LogP contribution in [0.25, 0.3) is 11.3 Å². The van der Waals surface area contributed by atoms with Gasteiger partial charge in [-0.25, -0.2) is 0 Å². The second-order valence-corrected chi connectivity index (χ2v) is 6.00. The Morgan fingerprint density at radius 3 is 2.45 bits per heavy atom. The first-order chi connectivity index (χ1) is 9.75. The molecule has 0 amide bonds. The number of aliphatic hydroxyl groups is 1. The number of piperidine rings is 3. The highest BCUT2D eigenvalue weighted by atomic mass is 16.4. The van der Waals surface area contributed by atoms with E-state index in [9.17, 15) is 5.11 Å². The summed E-state index contributed by atoms with van der Waals surface area (Å²) in [4.78, 5) is 2.34. The van der Waals surface area contributed by atoms with E-state index in [0.717, 1.165) is 43.0 Å². The molecule has 3 aliphatic rings. The molecule has 1 aromatic heterocycles. The van der Waals surface area contributed by atoms with Gasteiger partial charge in [0.2, 0.25) is 0 Å². The number of furan rings is 1. The highest BCUT2D eigenvalue weighted by molar-refractivity contribution is 5.57. The molecule has 1 N–H and O–H groups in total. The maximum absolute atomic E-state index is 11.1. The van der Waals surface area contributed by atoms with Crippen molar-refractivity contribution in [3.8, 4) is 11.3 Å². The van der Waals surface area contributed by atoms with Crippen molar-refractivity contribution >= 4 is 0 Å². The van der Waals surface area contributed by atoms with Crippen LogP contribution in [0.1, 0.15) is 18.6 Å². The number of nitrogens with zero attached hydrogens (tertiary/aromatic N) is 1. The molecule has 20 heavy (non-hydrogen) atoms. The molecule has 2 aromatic rings. The normalized spacial score (nSPS) is 32.5. The van der Waals surface area contributed by atoms with Crippen molar-refractivity contribution in [3.63, 3.8) is 0 Å². The third-order valence-electron chi connectivity index (χ3n) is 4.82. The Labute approximate surface area is 118 Å². The third kappa shape index (κ3) is 1.81. The molecule has 3 heteroatoms. The molecular weight excluding hydrogens is 250 g/mol. The maximum atomic E-state index is 11.1. The van der Waals surface area contributed by atoms with Gasteiger partial charge in [0.05, 0.1) is 0 Å². The summed E-state index contributed by atoms with van der Waals surface area (Å²) in [6.45, 7) is 2.93. The van der Waals surface area contributed by atoms with Crippen LogP contribution in [0.3, 0.4) is 0 Å². The molecule has 4 heterocycles. The summed E-state index contributed by atoms with van der Waals surface area (Å²) >= 11 is 0. The van der Waals surface area contributed by atoms with Crippen LogP contribution in [-0.2, 0) is 5.60 Å². The van der Waals surface area contributed by atoms with E-state index in [-0.39, 0.29) is 0 Å². The van der Waals surface area contributed by atoms with E-state index in [4.69, 9.17) is 4.42 Å². The number of benzene rings is 1. The molecule has 5 rings (SSSR count).